The second-order valence-corrected chi connectivity index (χ2v) is 7.19. The Morgan fingerprint density at radius 2 is 2.05 bits per heavy atom. The van der Waals surface area contributed by atoms with Crippen LogP contribution in [0, 0.1) is 5.92 Å². The van der Waals surface area contributed by atoms with Crippen LogP contribution in [-0.4, -0.2) is 24.0 Å². The van der Waals surface area contributed by atoms with Gasteiger partial charge in [0.05, 0.1) is 6.33 Å². The lowest BCUT2D eigenvalue weighted by Crippen LogP contribution is -2.37. The molecule has 1 aliphatic rings. The van der Waals surface area contributed by atoms with Crippen LogP contribution in [0.25, 0.3) is 0 Å². The lowest BCUT2D eigenvalue weighted by Gasteiger charge is -2.27. The number of rotatable bonds is 4. The van der Waals surface area contributed by atoms with E-state index in [0.717, 1.165) is 31.6 Å². The molecular weight excluding hydrogens is 286 g/mol. The van der Waals surface area contributed by atoms with E-state index in [-0.39, 0.29) is 16.2 Å². The van der Waals surface area contributed by atoms with Crippen LogP contribution in [0.5, 0.6) is 0 Å². The van der Waals surface area contributed by atoms with Gasteiger partial charge in [-0.3, -0.25) is 0 Å². The van der Waals surface area contributed by atoms with Gasteiger partial charge < -0.3 is 4.57 Å². The van der Waals surface area contributed by atoms with E-state index in [1.807, 2.05) is 0 Å². The average molecular weight is 306 g/mol. The molecule has 1 heterocycles. The smallest absolute Gasteiger partial charge is 0.261 e. The molecule has 5 nitrogen and oxygen atoms in total. The number of aromatic nitrogens is 2. The third-order valence-corrected chi connectivity index (χ3v) is 5.84. The number of aryl methyl sites for hydroxylation is 1. The molecule has 0 saturated heterocycles. The van der Waals surface area contributed by atoms with Gasteiger partial charge in [-0.05, 0) is 31.6 Å². The van der Waals surface area contributed by atoms with Gasteiger partial charge in [-0.2, -0.15) is 0 Å². The minimum atomic E-state index is -3.61. The predicted molar refractivity (Wildman–Crippen MR) is 74.6 cm³/mol. The molecule has 0 aromatic carbocycles. The number of hydrogen-bond acceptors (Lipinski definition) is 3. The van der Waals surface area contributed by atoms with E-state index < -0.39 is 10.0 Å². The number of nitrogens with one attached hydrogen (secondary N) is 1. The van der Waals surface area contributed by atoms with Crippen LogP contribution < -0.4 is 4.72 Å². The molecule has 1 fully saturated rings. The number of imidazole rings is 1. The van der Waals surface area contributed by atoms with Crippen molar-refractivity contribution in [2.45, 2.75) is 50.1 Å². The Morgan fingerprint density at radius 1 is 1.42 bits per heavy atom. The summed E-state index contributed by atoms with van der Waals surface area (Å²) in [7, 11) is -1.94. The Balaban J connectivity index is 2.04. The topological polar surface area (TPSA) is 64.0 Å². The maximum atomic E-state index is 12.2. The van der Waals surface area contributed by atoms with Crippen LogP contribution in [0.2, 0.25) is 5.15 Å². The van der Waals surface area contributed by atoms with Gasteiger partial charge in [0, 0.05) is 13.1 Å². The Labute approximate surface area is 119 Å². The van der Waals surface area contributed by atoms with Crippen molar-refractivity contribution < 1.29 is 8.42 Å². The fourth-order valence-electron chi connectivity index (χ4n) is 2.54. The van der Waals surface area contributed by atoms with Crippen molar-refractivity contribution >= 4 is 21.6 Å². The summed E-state index contributed by atoms with van der Waals surface area (Å²) in [6, 6.07) is 0.00544. The second kappa shape index (κ2) is 5.81. The summed E-state index contributed by atoms with van der Waals surface area (Å²) in [6.07, 6.45) is 6.53. The van der Waals surface area contributed by atoms with Gasteiger partial charge >= 0.3 is 0 Å². The molecule has 1 N–H and O–H groups in total. The molecule has 0 radical (unpaired) electrons. The fraction of sp³-hybridized carbons (Fsp3) is 0.750. The van der Waals surface area contributed by atoms with Crippen LogP contribution >= 0.6 is 11.6 Å². The van der Waals surface area contributed by atoms with Gasteiger partial charge in [0.15, 0.2) is 0 Å². The van der Waals surface area contributed by atoms with Crippen LogP contribution in [0.4, 0.5) is 0 Å². The van der Waals surface area contributed by atoms with Crippen LogP contribution in [0.1, 0.15) is 39.0 Å². The molecule has 19 heavy (non-hydrogen) atoms. The molecule has 0 aliphatic heterocycles. The lowest BCUT2D eigenvalue weighted by molar-refractivity contribution is 0.306. The molecular formula is C12H20ClN3O2S. The van der Waals surface area contributed by atoms with Gasteiger partial charge in [-0.15, -0.1) is 0 Å². The maximum Gasteiger partial charge on any atom is 0.261 e. The maximum absolute atomic E-state index is 12.2. The van der Waals surface area contributed by atoms with Crippen molar-refractivity contribution in [3.8, 4) is 0 Å². The van der Waals surface area contributed by atoms with Crippen molar-refractivity contribution in [3.05, 3.63) is 11.5 Å². The Morgan fingerprint density at radius 3 is 2.53 bits per heavy atom. The highest BCUT2D eigenvalue weighted by molar-refractivity contribution is 7.89. The number of hydrogen-bond donors (Lipinski definition) is 1. The van der Waals surface area contributed by atoms with E-state index in [4.69, 9.17) is 11.6 Å². The standard InChI is InChI=1S/C12H20ClN3O2S/c1-3-9-4-6-10(7-5-9)15-19(17,18)12-11(13)16(2)8-14-12/h8-10,15H,3-7H2,1-2H3. The Bertz CT molecular complexity index is 533. The highest BCUT2D eigenvalue weighted by Crippen LogP contribution is 2.28. The molecule has 1 saturated carbocycles. The highest BCUT2D eigenvalue weighted by Gasteiger charge is 2.28. The number of sulfonamides is 1. The summed E-state index contributed by atoms with van der Waals surface area (Å²) in [4.78, 5) is 3.86. The normalized spacial score (nSPS) is 24.6. The van der Waals surface area contributed by atoms with E-state index in [0.29, 0.717) is 0 Å². The van der Waals surface area contributed by atoms with Crippen LogP contribution in [0.3, 0.4) is 0 Å². The van der Waals surface area contributed by atoms with Crippen molar-refractivity contribution in [3.63, 3.8) is 0 Å². The molecule has 1 aliphatic carbocycles. The SMILES string of the molecule is CCC1CCC(NS(=O)(=O)c2ncn(C)c2Cl)CC1. The lowest BCUT2D eigenvalue weighted by atomic mass is 9.85. The number of halogens is 1. The third-order valence-electron chi connectivity index (χ3n) is 3.83. The molecule has 0 unspecified atom stereocenters. The molecule has 1 aromatic rings. The van der Waals surface area contributed by atoms with Crippen LogP contribution in [0.15, 0.2) is 11.4 Å². The van der Waals surface area contributed by atoms with E-state index in [2.05, 4.69) is 16.6 Å². The predicted octanol–water partition coefficient (Wildman–Crippen LogP) is 2.32. The first kappa shape index (κ1) is 14.8. The monoisotopic (exact) mass is 305 g/mol. The minimum Gasteiger partial charge on any atom is -0.324 e. The summed E-state index contributed by atoms with van der Waals surface area (Å²) in [5.74, 6) is 0.735. The fourth-order valence-corrected chi connectivity index (χ4v) is 4.27. The molecule has 0 spiro atoms. The van der Waals surface area contributed by atoms with Gasteiger partial charge in [-0.1, -0.05) is 24.9 Å². The zero-order valence-corrected chi connectivity index (χ0v) is 12.8. The summed E-state index contributed by atoms with van der Waals surface area (Å²) in [5.41, 5.74) is 0. The highest BCUT2D eigenvalue weighted by atomic mass is 35.5. The summed E-state index contributed by atoms with van der Waals surface area (Å²) >= 11 is 5.94. The Hall–Kier alpha value is -0.590. The number of nitrogens with zero attached hydrogens (tertiary/aromatic N) is 2. The second-order valence-electron chi connectivity index (χ2n) is 5.20. The van der Waals surface area contributed by atoms with Gasteiger partial charge in [0.1, 0.15) is 5.15 Å². The molecule has 108 valence electrons. The average Bonchev–Trinajstić information content (AvgIpc) is 2.71. The van der Waals surface area contributed by atoms with Crippen molar-refractivity contribution in [2.75, 3.05) is 0 Å². The van der Waals surface area contributed by atoms with Crippen LogP contribution in [-0.2, 0) is 17.1 Å². The van der Waals surface area contributed by atoms with E-state index in [9.17, 15) is 8.42 Å². The quantitative estimate of drug-likeness (QED) is 0.928. The third kappa shape index (κ3) is 3.30. The van der Waals surface area contributed by atoms with Gasteiger partial charge in [0.25, 0.3) is 10.0 Å². The first-order chi connectivity index (χ1) is 8.94. The summed E-state index contributed by atoms with van der Waals surface area (Å²) in [5, 5.41) is 0.0732. The van der Waals surface area contributed by atoms with Crippen molar-refractivity contribution in [2.24, 2.45) is 13.0 Å². The van der Waals surface area contributed by atoms with E-state index >= 15 is 0 Å². The summed E-state index contributed by atoms with van der Waals surface area (Å²) in [6.45, 7) is 2.18. The van der Waals surface area contributed by atoms with E-state index in [1.54, 1.807) is 7.05 Å². The molecule has 0 atom stereocenters. The first-order valence-electron chi connectivity index (χ1n) is 6.63. The first-order valence-corrected chi connectivity index (χ1v) is 8.49. The van der Waals surface area contributed by atoms with Gasteiger partial charge in [-0.25, -0.2) is 18.1 Å². The zero-order chi connectivity index (χ0) is 14.0. The van der Waals surface area contributed by atoms with Crippen molar-refractivity contribution in [1.29, 1.82) is 0 Å². The minimum absolute atomic E-state index is 0.00544. The molecule has 0 bridgehead atoms. The molecule has 7 heteroatoms. The largest absolute Gasteiger partial charge is 0.324 e. The zero-order valence-electron chi connectivity index (χ0n) is 11.3. The van der Waals surface area contributed by atoms with Gasteiger partial charge in [0.2, 0.25) is 5.03 Å². The van der Waals surface area contributed by atoms with E-state index in [1.165, 1.54) is 17.3 Å². The Kier molecular flexibility index (Phi) is 4.53. The molecule has 2 rings (SSSR count). The van der Waals surface area contributed by atoms with Crippen molar-refractivity contribution in [1.82, 2.24) is 14.3 Å². The summed E-state index contributed by atoms with van der Waals surface area (Å²) < 4.78 is 28.6. The molecule has 0 amide bonds. The molecule has 1 aromatic heterocycles.